The Morgan fingerprint density at radius 2 is 1.59 bits per heavy atom. The van der Waals surface area contributed by atoms with Crippen LogP contribution >= 0.6 is 0 Å². The van der Waals surface area contributed by atoms with E-state index in [4.69, 9.17) is 14.8 Å². The van der Waals surface area contributed by atoms with Gasteiger partial charge in [0.2, 0.25) is 0 Å². The number of hydrogen-bond donors (Lipinski definition) is 0. The Kier molecular flexibility index (Phi) is 9.09. The molecule has 0 bridgehead atoms. The molecule has 0 saturated heterocycles. The lowest BCUT2D eigenvalue weighted by Crippen LogP contribution is -2.02. The van der Waals surface area contributed by atoms with E-state index >= 15 is 0 Å². The van der Waals surface area contributed by atoms with Gasteiger partial charge in [0.15, 0.2) is 0 Å². The van der Waals surface area contributed by atoms with Gasteiger partial charge in [0.05, 0.1) is 22.4 Å². The lowest BCUT2D eigenvalue weighted by atomic mass is 9.97. The predicted octanol–water partition coefficient (Wildman–Crippen LogP) is 12.0. The molecule has 0 amide bonds. The maximum absolute atomic E-state index is 6.77. The molecule has 7 aromatic rings. The minimum Gasteiger partial charge on any atom is -0.457 e. The van der Waals surface area contributed by atoms with Crippen LogP contribution in [0, 0.1) is 20.8 Å². The van der Waals surface area contributed by atoms with Crippen LogP contribution in [-0.4, -0.2) is 19.3 Å². The SMILES string of the molecule is CCCCCc1cc(Oc2ccc3c4cc(C(C)CC)ccc4n(-c4cc(C)ccn4)c3c2)cc(-n2nc(C)c(-c3ccccc3)c2C)c1. The summed E-state index contributed by atoms with van der Waals surface area (Å²) in [5.74, 6) is 3.01. The molecule has 3 aromatic heterocycles. The van der Waals surface area contributed by atoms with Crippen LogP contribution < -0.4 is 4.74 Å². The van der Waals surface area contributed by atoms with Gasteiger partial charge < -0.3 is 4.74 Å². The van der Waals surface area contributed by atoms with Gasteiger partial charge in [-0.2, -0.15) is 5.10 Å². The summed E-state index contributed by atoms with van der Waals surface area (Å²) in [6.45, 7) is 13.2. The first kappa shape index (κ1) is 32.4. The Morgan fingerprint density at radius 3 is 2.37 bits per heavy atom. The number of aryl methyl sites for hydroxylation is 3. The van der Waals surface area contributed by atoms with Crippen molar-refractivity contribution >= 4 is 21.8 Å². The molecule has 0 aliphatic carbocycles. The monoisotopic (exact) mass is 646 g/mol. The Labute approximate surface area is 290 Å². The second-order valence-corrected chi connectivity index (χ2v) is 13.5. The van der Waals surface area contributed by atoms with Gasteiger partial charge >= 0.3 is 0 Å². The van der Waals surface area contributed by atoms with Gasteiger partial charge in [-0.1, -0.05) is 70.0 Å². The van der Waals surface area contributed by atoms with E-state index in [1.807, 2.05) is 12.3 Å². The standard InChI is InChI=1S/C44H46N4O/c1-7-9-11-14-33-24-36(48-32(6)44(31(5)46-48)34-15-12-10-13-16-34)27-38(25-33)49-37-18-19-39-40-26-35(30(4)8-2)17-20-41(40)47(42(39)28-37)43-23-29(3)21-22-45-43/h10,12-13,15-28,30H,7-9,11,14H2,1-6H3. The average Bonchev–Trinajstić information content (AvgIpc) is 3.60. The Hall–Kier alpha value is -5.16. The molecule has 5 heteroatoms. The summed E-state index contributed by atoms with van der Waals surface area (Å²) < 4.78 is 11.1. The van der Waals surface area contributed by atoms with Crippen LogP contribution in [0.3, 0.4) is 0 Å². The molecule has 4 aromatic carbocycles. The summed E-state index contributed by atoms with van der Waals surface area (Å²) in [7, 11) is 0. The molecule has 5 nitrogen and oxygen atoms in total. The Morgan fingerprint density at radius 1 is 0.755 bits per heavy atom. The zero-order valence-electron chi connectivity index (χ0n) is 29.6. The number of pyridine rings is 1. The van der Waals surface area contributed by atoms with E-state index in [9.17, 15) is 0 Å². The predicted molar refractivity (Wildman–Crippen MR) is 204 cm³/mol. The van der Waals surface area contributed by atoms with Crippen molar-refractivity contribution in [1.29, 1.82) is 0 Å². The molecule has 0 N–H and O–H groups in total. The van der Waals surface area contributed by atoms with Crippen molar-refractivity contribution in [3.63, 3.8) is 0 Å². The maximum Gasteiger partial charge on any atom is 0.137 e. The van der Waals surface area contributed by atoms with Crippen molar-refractivity contribution in [1.82, 2.24) is 19.3 Å². The number of rotatable bonds is 11. The van der Waals surface area contributed by atoms with Gasteiger partial charge in [0.1, 0.15) is 17.3 Å². The van der Waals surface area contributed by atoms with E-state index in [-0.39, 0.29) is 0 Å². The highest BCUT2D eigenvalue weighted by Crippen LogP contribution is 2.38. The fraction of sp³-hybridized carbons (Fsp3) is 0.273. The number of ether oxygens (including phenoxy) is 1. The first-order valence-electron chi connectivity index (χ1n) is 17.8. The third-order valence-corrected chi connectivity index (χ3v) is 9.93. The summed E-state index contributed by atoms with van der Waals surface area (Å²) in [4.78, 5) is 4.81. The molecule has 1 atom stereocenters. The molecular formula is C44H46N4O. The molecule has 0 radical (unpaired) electrons. The number of aromatic nitrogens is 4. The molecule has 0 aliphatic rings. The minimum atomic E-state index is 0.493. The summed E-state index contributed by atoms with van der Waals surface area (Å²) in [6, 6.07) is 34.7. The number of benzene rings is 4. The van der Waals surface area contributed by atoms with E-state index < -0.39 is 0 Å². The molecule has 7 rings (SSSR count). The van der Waals surface area contributed by atoms with Gasteiger partial charge in [-0.3, -0.25) is 4.57 Å². The van der Waals surface area contributed by atoms with Crippen LogP contribution in [0.1, 0.15) is 80.5 Å². The third-order valence-electron chi connectivity index (χ3n) is 9.93. The summed E-state index contributed by atoms with van der Waals surface area (Å²) in [6.07, 6.45) is 7.51. The van der Waals surface area contributed by atoms with Crippen LogP contribution in [0.15, 0.2) is 103 Å². The molecule has 49 heavy (non-hydrogen) atoms. The van der Waals surface area contributed by atoms with Crippen LogP contribution in [0.5, 0.6) is 11.5 Å². The number of unbranched alkanes of at least 4 members (excludes halogenated alkanes) is 2. The van der Waals surface area contributed by atoms with Crippen LogP contribution in [0.4, 0.5) is 0 Å². The van der Waals surface area contributed by atoms with Gasteiger partial charge in [-0.25, -0.2) is 9.67 Å². The van der Waals surface area contributed by atoms with Crippen molar-refractivity contribution < 1.29 is 4.74 Å². The third kappa shape index (κ3) is 6.38. The topological polar surface area (TPSA) is 44.9 Å². The molecule has 0 saturated carbocycles. The molecule has 1 unspecified atom stereocenters. The highest BCUT2D eigenvalue weighted by molar-refractivity contribution is 6.09. The normalized spacial score (nSPS) is 12.2. The summed E-state index contributed by atoms with van der Waals surface area (Å²) in [5, 5.41) is 7.47. The average molecular weight is 647 g/mol. The first-order chi connectivity index (χ1) is 23.8. The van der Waals surface area contributed by atoms with Crippen molar-refractivity contribution in [3.05, 3.63) is 131 Å². The highest BCUT2D eigenvalue weighted by atomic mass is 16.5. The van der Waals surface area contributed by atoms with E-state index in [1.54, 1.807) is 0 Å². The van der Waals surface area contributed by atoms with Gasteiger partial charge in [0.25, 0.3) is 0 Å². The minimum absolute atomic E-state index is 0.493. The molecule has 0 spiro atoms. The summed E-state index contributed by atoms with van der Waals surface area (Å²) in [5.41, 5.74) is 11.5. The Bertz CT molecular complexity index is 2260. The molecule has 248 valence electrons. The van der Waals surface area contributed by atoms with Crippen molar-refractivity contribution in [2.75, 3.05) is 0 Å². The Balaban J connectivity index is 1.34. The van der Waals surface area contributed by atoms with E-state index in [2.05, 4.69) is 142 Å². The zero-order valence-corrected chi connectivity index (χ0v) is 29.6. The van der Waals surface area contributed by atoms with Crippen molar-refractivity contribution in [2.45, 2.75) is 79.6 Å². The van der Waals surface area contributed by atoms with Crippen LogP contribution in [-0.2, 0) is 6.42 Å². The largest absolute Gasteiger partial charge is 0.457 e. The van der Waals surface area contributed by atoms with Crippen molar-refractivity contribution in [2.24, 2.45) is 0 Å². The molecule has 0 fully saturated rings. The smallest absolute Gasteiger partial charge is 0.137 e. The first-order valence-corrected chi connectivity index (χ1v) is 17.8. The number of hydrogen-bond acceptors (Lipinski definition) is 3. The lowest BCUT2D eigenvalue weighted by Gasteiger charge is -2.13. The maximum atomic E-state index is 6.77. The fourth-order valence-corrected chi connectivity index (χ4v) is 7.11. The van der Waals surface area contributed by atoms with Crippen molar-refractivity contribution in [3.8, 4) is 34.1 Å². The van der Waals surface area contributed by atoms with Gasteiger partial charge in [0, 0.05) is 40.4 Å². The van der Waals surface area contributed by atoms with Gasteiger partial charge in [-0.15, -0.1) is 0 Å². The van der Waals surface area contributed by atoms with E-state index in [0.29, 0.717) is 5.92 Å². The second kappa shape index (κ2) is 13.8. The molecule has 0 aliphatic heterocycles. The fourth-order valence-electron chi connectivity index (χ4n) is 7.11. The van der Waals surface area contributed by atoms with Crippen LogP contribution in [0.2, 0.25) is 0 Å². The molecule has 3 heterocycles. The van der Waals surface area contributed by atoms with E-state index in [1.165, 1.54) is 51.4 Å². The zero-order chi connectivity index (χ0) is 34.1. The molecular weight excluding hydrogens is 601 g/mol. The quantitative estimate of drug-likeness (QED) is 0.131. The lowest BCUT2D eigenvalue weighted by molar-refractivity contribution is 0.482. The summed E-state index contributed by atoms with van der Waals surface area (Å²) >= 11 is 0. The highest BCUT2D eigenvalue weighted by Gasteiger charge is 2.18. The second-order valence-electron chi connectivity index (χ2n) is 13.5. The van der Waals surface area contributed by atoms with Gasteiger partial charge in [-0.05, 0) is 117 Å². The van der Waals surface area contributed by atoms with E-state index in [0.717, 1.165) is 64.7 Å². The van der Waals surface area contributed by atoms with Crippen LogP contribution in [0.25, 0.3) is 44.4 Å². The number of nitrogens with zero attached hydrogens (tertiary/aromatic N) is 4. The number of fused-ring (bicyclic) bond motifs is 3.